The van der Waals surface area contributed by atoms with Crippen molar-refractivity contribution in [2.24, 2.45) is 5.92 Å². The highest BCUT2D eigenvalue weighted by Crippen LogP contribution is 2.20. The Morgan fingerprint density at radius 2 is 1.83 bits per heavy atom. The van der Waals surface area contributed by atoms with E-state index in [4.69, 9.17) is 4.74 Å². The molecule has 29 heavy (non-hydrogen) atoms. The predicted octanol–water partition coefficient (Wildman–Crippen LogP) is 3.68. The first-order chi connectivity index (χ1) is 13.8. The number of anilines is 1. The monoisotopic (exact) mass is 397 g/mol. The van der Waals surface area contributed by atoms with E-state index >= 15 is 0 Å². The molecule has 1 aliphatic rings. The highest BCUT2D eigenvalue weighted by atomic mass is 16.5. The van der Waals surface area contributed by atoms with Crippen LogP contribution in [0.2, 0.25) is 0 Å². The Hall–Kier alpha value is -2.81. The third-order valence-electron chi connectivity index (χ3n) is 5.41. The van der Waals surface area contributed by atoms with Crippen molar-refractivity contribution in [1.29, 1.82) is 5.26 Å². The molecule has 0 aliphatic carbocycles. The van der Waals surface area contributed by atoms with E-state index in [1.807, 2.05) is 26.0 Å². The summed E-state index contributed by atoms with van der Waals surface area (Å²) in [6, 6.07) is 10.2. The number of ether oxygens (including phenoxy) is 1. The van der Waals surface area contributed by atoms with Gasteiger partial charge < -0.3 is 15.0 Å². The summed E-state index contributed by atoms with van der Waals surface area (Å²) in [6.07, 6.45) is 8.02. The van der Waals surface area contributed by atoms with Gasteiger partial charge in [0.2, 0.25) is 0 Å². The van der Waals surface area contributed by atoms with E-state index in [0.29, 0.717) is 0 Å². The van der Waals surface area contributed by atoms with Crippen LogP contribution in [0, 0.1) is 17.2 Å². The van der Waals surface area contributed by atoms with Crippen molar-refractivity contribution in [3.63, 3.8) is 0 Å². The van der Waals surface area contributed by atoms with E-state index in [1.165, 1.54) is 37.4 Å². The molecule has 0 aromatic heterocycles. The summed E-state index contributed by atoms with van der Waals surface area (Å²) in [5.74, 6) is -1.16. The Morgan fingerprint density at radius 3 is 2.38 bits per heavy atom. The Morgan fingerprint density at radius 1 is 1.21 bits per heavy atom. The van der Waals surface area contributed by atoms with Gasteiger partial charge in [-0.1, -0.05) is 38.8 Å². The van der Waals surface area contributed by atoms with Gasteiger partial charge >= 0.3 is 5.97 Å². The average Bonchev–Trinajstić information content (AvgIpc) is 3.00. The molecule has 1 heterocycles. The Balaban J connectivity index is 1.82. The third kappa shape index (κ3) is 6.94. The molecule has 2 rings (SSSR count). The molecule has 1 N–H and O–H groups in total. The van der Waals surface area contributed by atoms with Gasteiger partial charge in [-0.3, -0.25) is 4.79 Å². The molecule has 156 valence electrons. The summed E-state index contributed by atoms with van der Waals surface area (Å²) in [7, 11) is 0. The number of nitriles is 1. The lowest BCUT2D eigenvalue weighted by Crippen LogP contribution is -2.50. The summed E-state index contributed by atoms with van der Waals surface area (Å²) in [4.78, 5) is 26.2. The van der Waals surface area contributed by atoms with Gasteiger partial charge in [0.25, 0.3) is 5.91 Å². The lowest BCUT2D eigenvalue weighted by atomic mass is 9.90. The SMILES string of the molecule is CC(C)[C@](C)(C#N)NC(=O)COC(=O)/C=C/c1ccc(N2CCCCCC2)cc1. The normalized spacial score (nSPS) is 16.7. The molecule has 1 aromatic carbocycles. The Bertz CT molecular complexity index is 757. The highest BCUT2D eigenvalue weighted by Gasteiger charge is 2.30. The fourth-order valence-electron chi connectivity index (χ4n) is 3.10. The van der Waals surface area contributed by atoms with Crippen molar-refractivity contribution in [2.75, 3.05) is 24.6 Å². The molecule has 1 saturated heterocycles. The van der Waals surface area contributed by atoms with E-state index < -0.39 is 24.0 Å². The van der Waals surface area contributed by atoms with Crippen LogP contribution in [0.3, 0.4) is 0 Å². The van der Waals surface area contributed by atoms with Crippen LogP contribution in [0.25, 0.3) is 6.08 Å². The molecular formula is C23H31N3O3. The molecule has 0 unspecified atom stereocenters. The van der Waals surface area contributed by atoms with Crippen LogP contribution in [0.4, 0.5) is 5.69 Å². The number of esters is 1. The molecule has 1 amide bonds. The fourth-order valence-corrected chi connectivity index (χ4v) is 3.10. The molecule has 6 nitrogen and oxygen atoms in total. The number of carbonyl (C=O) groups is 2. The van der Waals surface area contributed by atoms with Gasteiger partial charge in [0.15, 0.2) is 6.61 Å². The van der Waals surface area contributed by atoms with E-state index in [9.17, 15) is 14.9 Å². The van der Waals surface area contributed by atoms with Crippen molar-refractivity contribution in [2.45, 2.75) is 52.0 Å². The molecule has 6 heteroatoms. The van der Waals surface area contributed by atoms with Crippen molar-refractivity contribution in [3.05, 3.63) is 35.9 Å². The van der Waals surface area contributed by atoms with E-state index in [0.717, 1.165) is 18.7 Å². The quantitative estimate of drug-likeness (QED) is 0.561. The molecule has 0 spiro atoms. The van der Waals surface area contributed by atoms with E-state index in [2.05, 4.69) is 28.4 Å². The number of nitrogens with zero attached hydrogens (tertiary/aromatic N) is 2. The van der Waals surface area contributed by atoms with Crippen molar-refractivity contribution in [1.82, 2.24) is 5.32 Å². The summed E-state index contributed by atoms with van der Waals surface area (Å²) in [6.45, 7) is 7.09. The maximum Gasteiger partial charge on any atom is 0.331 e. The lowest BCUT2D eigenvalue weighted by Gasteiger charge is -2.27. The molecule has 0 radical (unpaired) electrons. The first-order valence-electron chi connectivity index (χ1n) is 10.3. The Labute approximate surface area is 173 Å². The molecule has 0 bridgehead atoms. The zero-order chi connectivity index (χ0) is 21.3. The van der Waals surface area contributed by atoms with Crippen molar-refractivity contribution >= 4 is 23.6 Å². The number of hydrogen-bond acceptors (Lipinski definition) is 5. The zero-order valence-corrected chi connectivity index (χ0v) is 17.6. The topological polar surface area (TPSA) is 82.4 Å². The third-order valence-corrected chi connectivity index (χ3v) is 5.41. The minimum absolute atomic E-state index is 0.0654. The van der Waals surface area contributed by atoms with Crippen LogP contribution >= 0.6 is 0 Å². The maximum absolute atomic E-state index is 11.9. The van der Waals surface area contributed by atoms with Gasteiger partial charge in [-0.05, 0) is 49.5 Å². The van der Waals surface area contributed by atoms with Crippen LogP contribution in [0.15, 0.2) is 30.3 Å². The van der Waals surface area contributed by atoms with Crippen LogP contribution in [-0.4, -0.2) is 37.1 Å². The summed E-state index contributed by atoms with van der Waals surface area (Å²) in [5, 5.41) is 11.8. The smallest absolute Gasteiger partial charge is 0.331 e. The second kappa shape index (κ2) is 10.7. The molecule has 1 fully saturated rings. The van der Waals surface area contributed by atoms with Gasteiger partial charge in [-0.2, -0.15) is 5.26 Å². The second-order valence-electron chi connectivity index (χ2n) is 7.95. The predicted molar refractivity (Wildman–Crippen MR) is 114 cm³/mol. The number of nitrogens with one attached hydrogen (secondary N) is 1. The Kier molecular flexibility index (Phi) is 8.26. The van der Waals surface area contributed by atoms with Gasteiger partial charge in [0.1, 0.15) is 5.54 Å². The van der Waals surface area contributed by atoms with Gasteiger partial charge in [-0.15, -0.1) is 0 Å². The van der Waals surface area contributed by atoms with Gasteiger partial charge in [-0.25, -0.2) is 4.79 Å². The summed E-state index contributed by atoms with van der Waals surface area (Å²) >= 11 is 0. The number of hydrogen-bond donors (Lipinski definition) is 1. The number of carbonyl (C=O) groups excluding carboxylic acids is 2. The van der Waals surface area contributed by atoms with Crippen molar-refractivity contribution in [3.8, 4) is 6.07 Å². The number of rotatable bonds is 7. The van der Waals surface area contributed by atoms with Crippen LogP contribution in [0.5, 0.6) is 0 Å². The summed E-state index contributed by atoms with van der Waals surface area (Å²) < 4.78 is 4.97. The molecule has 0 saturated carbocycles. The standard InChI is InChI=1S/C23H31N3O3/c1-18(2)23(3,17-24)25-21(27)16-29-22(28)13-10-19-8-11-20(12-9-19)26-14-6-4-5-7-15-26/h8-13,18H,4-7,14-16H2,1-3H3,(H,25,27)/b13-10+/t23-/m0/s1. The zero-order valence-electron chi connectivity index (χ0n) is 17.6. The first-order valence-corrected chi connectivity index (χ1v) is 10.3. The van der Waals surface area contributed by atoms with Crippen LogP contribution in [-0.2, 0) is 14.3 Å². The molecule has 1 aromatic rings. The summed E-state index contributed by atoms with van der Waals surface area (Å²) in [5.41, 5.74) is 1.10. The van der Waals surface area contributed by atoms with Gasteiger partial charge in [0.05, 0.1) is 6.07 Å². The molecular weight excluding hydrogens is 366 g/mol. The van der Waals surface area contributed by atoms with Crippen LogP contribution in [0.1, 0.15) is 52.0 Å². The van der Waals surface area contributed by atoms with Crippen molar-refractivity contribution < 1.29 is 14.3 Å². The van der Waals surface area contributed by atoms with Crippen LogP contribution < -0.4 is 10.2 Å². The number of benzene rings is 1. The molecule has 1 aliphatic heterocycles. The van der Waals surface area contributed by atoms with E-state index in [-0.39, 0.29) is 5.92 Å². The first kappa shape index (κ1) is 22.5. The average molecular weight is 398 g/mol. The minimum Gasteiger partial charge on any atom is -0.452 e. The largest absolute Gasteiger partial charge is 0.452 e. The minimum atomic E-state index is -0.992. The number of amides is 1. The van der Waals surface area contributed by atoms with Gasteiger partial charge in [0, 0.05) is 24.9 Å². The van der Waals surface area contributed by atoms with E-state index in [1.54, 1.807) is 13.0 Å². The molecule has 1 atom stereocenters. The highest BCUT2D eigenvalue weighted by molar-refractivity contribution is 5.89. The lowest BCUT2D eigenvalue weighted by molar-refractivity contribution is -0.144. The maximum atomic E-state index is 11.9. The fraction of sp³-hybridized carbons (Fsp3) is 0.522. The second-order valence-corrected chi connectivity index (χ2v) is 7.95.